The number of rotatable bonds is 9. The van der Waals surface area contributed by atoms with Crippen molar-refractivity contribution in [2.24, 2.45) is 5.16 Å². The summed E-state index contributed by atoms with van der Waals surface area (Å²) in [6.07, 6.45) is 0. The van der Waals surface area contributed by atoms with Crippen LogP contribution in [0.2, 0.25) is 0 Å². The summed E-state index contributed by atoms with van der Waals surface area (Å²) in [5.74, 6) is -7.94. The Hall–Kier alpha value is -5.17. The number of phenolic OH excluding ortho intramolecular Hbond substituents is 2. The molecule has 7 N–H and O–H groups in total. The maximum absolute atomic E-state index is 13.2. The second kappa shape index (κ2) is 10.8. The number of hydrogen-bond donors (Lipinski definition) is 6. The number of nitrogen functional groups attached to an aromatic ring is 1. The van der Waals surface area contributed by atoms with E-state index in [0.717, 1.165) is 40.1 Å². The van der Waals surface area contributed by atoms with Crippen molar-refractivity contribution in [3.05, 3.63) is 45.6 Å². The summed E-state index contributed by atoms with van der Waals surface area (Å²) < 4.78 is 0. The van der Waals surface area contributed by atoms with Crippen LogP contribution in [-0.4, -0.2) is 106 Å². The van der Waals surface area contributed by atoms with Crippen molar-refractivity contribution in [2.75, 3.05) is 18.0 Å². The van der Waals surface area contributed by atoms with E-state index in [-0.39, 0.29) is 27.7 Å². The number of oxime groups is 1. The zero-order valence-corrected chi connectivity index (χ0v) is 24.3. The lowest BCUT2D eigenvalue weighted by molar-refractivity contribution is -0.161. The molecule has 4 heterocycles. The maximum Gasteiger partial charge on any atom is 0.352 e. The molecular formula is C25H22N6O11S2. The quantitative estimate of drug-likeness (QED) is 0.0675. The van der Waals surface area contributed by atoms with Crippen LogP contribution in [0.1, 0.15) is 40.3 Å². The van der Waals surface area contributed by atoms with Crippen molar-refractivity contribution in [2.45, 2.75) is 30.9 Å². The number of thiazole rings is 1. The average molecular weight is 647 g/mol. The molecule has 230 valence electrons. The SMILES string of the molecule is CC(C)(O/N=C(\C(=O)NC1C(=O)N2C(C(=O)O)=C(CN3C(=O)c4ccc(O)c(O)c4C3=O)CS[C@H]12)c1csc(N)n1)C(=O)O. The summed E-state index contributed by atoms with van der Waals surface area (Å²) in [7, 11) is 0. The van der Waals surface area contributed by atoms with Crippen LogP contribution in [0.4, 0.5) is 5.13 Å². The van der Waals surface area contributed by atoms with Gasteiger partial charge in [-0.2, -0.15) is 0 Å². The molecule has 17 nitrogen and oxygen atoms in total. The van der Waals surface area contributed by atoms with Gasteiger partial charge in [-0.1, -0.05) is 5.16 Å². The van der Waals surface area contributed by atoms with Gasteiger partial charge >= 0.3 is 11.9 Å². The number of nitrogens with one attached hydrogen (secondary N) is 1. The Kier molecular flexibility index (Phi) is 7.46. The smallest absolute Gasteiger partial charge is 0.352 e. The minimum absolute atomic E-state index is 0.0413. The van der Waals surface area contributed by atoms with Gasteiger partial charge in [-0.25, -0.2) is 14.6 Å². The van der Waals surface area contributed by atoms with E-state index in [2.05, 4.69) is 15.5 Å². The third-order valence-corrected chi connectivity index (χ3v) is 8.85. The van der Waals surface area contributed by atoms with Gasteiger partial charge in [-0.3, -0.25) is 29.0 Å². The molecule has 1 fully saturated rings. The molecule has 0 radical (unpaired) electrons. The van der Waals surface area contributed by atoms with Crippen LogP contribution < -0.4 is 11.1 Å². The van der Waals surface area contributed by atoms with Gasteiger partial charge in [0.2, 0.25) is 5.60 Å². The number of aromatic nitrogens is 1. The van der Waals surface area contributed by atoms with Gasteiger partial charge in [-0.05, 0) is 31.6 Å². The van der Waals surface area contributed by atoms with E-state index in [1.54, 1.807) is 0 Å². The number of carboxylic acid groups (broad SMARTS) is 2. The molecule has 4 amide bonds. The number of imide groups is 1. The van der Waals surface area contributed by atoms with Crippen LogP contribution in [0.3, 0.4) is 0 Å². The molecule has 1 saturated heterocycles. The fourth-order valence-corrected chi connectivity index (χ4v) is 6.38. The van der Waals surface area contributed by atoms with Crippen LogP contribution in [0.25, 0.3) is 0 Å². The molecule has 3 aliphatic rings. The van der Waals surface area contributed by atoms with Crippen molar-refractivity contribution in [3.8, 4) is 11.5 Å². The number of thioether (sulfide) groups is 1. The van der Waals surface area contributed by atoms with Crippen LogP contribution >= 0.6 is 23.1 Å². The standard InChI is InChI=1S/C25H22N6O11S2/c1-25(2,23(40)41)42-29-13(10-7-44-24(26)27-10)17(34)28-14-20(37)31-15(22(38)39)8(6-43-21(14)31)5-30-18(35)9-3-4-11(32)16(33)12(9)19(30)36/h3-4,7,14,21,32-33H,5-6H2,1-2H3,(H2,26,27)(H,28,34)(H,38,39)(H,40,41)/b29-13-/t14?,21-/m1/s1. The van der Waals surface area contributed by atoms with E-state index < -0.39 is 87.6 Å². The average Bonchev–Trinajstić information content (AvgIpc) is 3.49. The summed E-state index contributed by atoms with van der Waals surface area (Å²) in [4.78, 5) is 86.6. The van der Waals surface area contributed by atoms with Gasteiger partial charge in [0.25, 0.3) is 23.6 Å². The normalized spacial score (nSPS) is 19.9. The number of nitrogens with two attached hydrogens (primary N) is 1. The first-order valence-electron chi connectivity index (χ1n) is 12.5. The van der Waals surface area contributed by atoms with Crippen LogP contribution in [0.5, 0.6) is 11.5 Å². The van der Waals surface area contributed by atoms with E-state index in [4.69, 9.17) is 10.6 Å². The Labute approximate surface area is 254 Å². The number of anilines is 1. The molecule has 44 heavy (non-hydrogen) atoms. The van der Waals surface area contributed by atoms with Gasteiger partial charge in [0.05, 0.1) is 17.7 Å². The number of carbonyl (C=O) groups excluding carboxylic acids is 4. The molecule has 3 aliphatic heterocycles. The zero-order chi connectivity index (χ0) is 32.2. The Bertz CT molecular complexity index is 1730. The highest BCUT2D eigenvalue weighted by Gasteiger charge is 2.55. The molecule has 5 rings (SSSR count). The fourth-order valence-electron chi connectivity index (χ4n) is 4.50. The summed E-state index contributed by atoms with van der Waals surface area (Å²) in [5.41, 5.74) is 2.25. The van der Waals surface area contributed by atoms with Crippen molar-refractivity contribution in [3.63, 3.8) is 0 Å². The Balaban J connectivity index is 1.37. The van der Waals surface area contributed by atoms with Gasteiger partial charge in [0.15, 0.2) is 22.3 Å². The molecule has 1 aromatic carbocycles. The van der Waals surface area contributed by atoms with E-state index >= 15 is 0 Å². The number of nitrogens with zero attached hydrogens (tertiary/aromatic N) is 4. The van der Waals surface area contributed by atoms with Crippen LogP contribution in [0, 0.1) is 0 Å². The van der Waals surface area contributed by atoms with E-state index in [1.165, 1.54) is 19.2 Å². The highest BCUT2D eigenvalue weighted by Crippen LogP contribution is 2.42. The van der Waals surface area contributed by atoms with Crippen molar-refractivity contribution < 1.29 is 54.0 Å². The van der Waals surface area contributed by atoms with Gasteiger partial charge < -0.3 is 36.3 Å². The lowest BCUT2D eigenvalue weighted by Crippen LogP contribution is -2.71. The molecule has 0 aliphatic carbocycles. The molecule has 1 aromatic heterocycles. The van der Waals surface area contributed by atoms with E-state index in [9.17, 15) is 49.2 Å². The second-order valence-corrected chi connectivity index (χ2v) is 12.1. The highest BCUT2D eigenvalue weighted by molar-refractivity contribution is 8.00. The highest BCUT2D eigenvalue weighted by atomic mass is 32.2. The lowest BCUT2D eigenvalue weighted by atomic mass is 10.0. The monoisotopic (exact) mass is 646 g/mol. The molecule has 2 atom stereocenters. The molecular weight excluding hydrogens is 624 g/mol. The van der Waals surface area contributed by atoms with Crippen molar-refractivity contribution in [1.82, 2.24) is 20.1 Å². The number of aromatic hydroxyl groups is 2. The number of fused-ring (bicyclic) bond motifs is 2. The Morgan fingerprint density at radius 1 is 1.18 bits per heavy atom. The predicted octanol–water partition coefficient (Wildman–Crippen LogP) is -0.245. The van der Waals surface area contributed by atoms with E-state index in [0.29, 0.717) is 4.90 Å². The Morgan fingerprint density at radius 2 is 1.89 bits per heavy atom. The summed E-state index contributed by atoms with van der Waals surface area (Å²) >= 11 is 2.02. The predicted molar refractivity (Wildman–Crippen MR) is 151 cm³/mol. The number of benzene rings is 1. The first-order valence-corrected chi connectivity index (χ1v) is 14.4. The molecule has 19 heteroatoms. The number of β-lactam (4-membered cyclic amide) rings is 1. The molecule has 0 spiro atoms. The number of aliphatic carboxylic acids is 2. The number of phenols is 2. The zero-order valence-electron chi connectivity index (χ0n) is 22.6. The van der Waals surface area contributed by atoms with Crippen molar-refractivity contribution in [1.29, 1.82) is 0 Å². The topological polar surface area (TPSA) is 262 Å². The molecule has 1 unspecified atom stereocenters. The summed E-state index contributed by atoms with van der Waals surface area (Å²) in [5, 5.41) is 45.8. The minimum Gasteiger partial charge on any atom is -0.504 e. The molecule has 0 bridgehead atoms. The van der Waals surface area contributed by atoms with Gasteiger partial charge in [0, 0.05) is 11.1 Å². The Morgan fingerprint density at radius 3 is 2.50 bits per heavy atom. The second-order valence-electron chi connectivity index (χ2n) is 10.1. The fraction of sp³-hybridized carbons (Fsp3) is 0.280. The first kappa shape index (κ1) is 30.3. The molecule has 0 saturated carbocycles. The number of amides is 4. The maximum atomic E-state index is 13.2. The number of carbonyl (C=O) groups is 6. The third-order valence-electron chi connectivity index (χ3n) is 6.84. The minimum atomic E-state index is -1.83. The number of hydrogen-bond acceptors (Lipinski definition) is 14. The van der Waals surface area contributed by atoms with Crippen LogP contribution in [-0.2, 0) is 24.0 Å². The molecule has 2 aromatic rings. The summed E-state index contributed by atoms with van der Waals surface area (Å²) in [6.45, 7) is 1.87. The van der Waals surface area contributed by atoms with E-state index in [1.807, 2.05) is 0 Å². The summed E-state index contributed by atoms with van der Waals surface area (Å²) in [6, 6.07) is 0.953. The lowest BCUT2D eigenvalue weighted by Gasteiger charge is -2.49. The number of carboxylic acids is 2. The van der Waals surface area contributed by atoms with Crippen LogP contribution in [0.15, 0.2) is 33.9 Å². The van der Waals surface area contributed by atoms with Gasteiger partial charge in [0.1, 0.15) is 22.8 Å². The van der Waals surface area contributed by atoms with Gasteiger partial charge in [-0.15, -0.1) is 23.1 Å². The third kappa shape index (κ3) is 4.94. The largest absolute Gasteiger partial charge is 0.504 e. The first-order chi connectivity index (χ1) is 20.6. The van der Waals surface area contributed by atoms with Crippen molar-refractivity contribution >= 4 is 69.5 Å².